The molecule has 0 aliphatic carbocycles. The Kier molecular flexibility index (Phi) is 11.1. The number of phenols is 1. The van der Waals surface area contributed by atoms with Crippen molar-refractivity contribution in [1.82, 2.24) is 4.90 Å². The van der Waals surface area contributed by atoms with Gasteiger partial charge in [-0.1, -0.05) is 43.0 Å². The molecule has 7 rings (SSSR count). The number of halogens is 1. The summed E-state index contributed by atoms with van der Waals surface area (Å²) in [5, 5.41) is 28.0. The van der Waals surface area contributed by atoms with Crippen molar-refractivity contribution in [2.75, 3.05) is 62.3 Å². The zero-order valence-electron chi connectivity index (χ0n) is 29.6. The fourth-order valence-electron chi connectivity index (χ4n) is 7.41. The summed E-state index contributed by atoms with van der Waals surface area (Å²) in [6, 6.07) is 13.4. The minimum Gasteiger partial charge on any atom is -0.507 e. The number of phenolic OH excluding ortho intramolecular Hbond substituents is 1. The summed E-state index contributed by atoms with van der Waals surface area (Å²) in [5.74, 6) is 0.278. The van der Waals surface area contributed by atoms with Crippen LogP contribution in [0.5, 0.6) is 17.2 Å². The summed E-state index contributed by atoms with van der Waals surface area (Å²) in [7, 11) is 1.44. The van der Waals surface area contributed by atoms with Gasteiger partial charge in [0.15, 0.2) is 17.7 Å². The minimum atomic E-state index is -1.44. The molecule has 4 heterocycles. The van der Waals surface area contributed by atoms with Crippen LogP contribution in [0, 0.1) is 0 Å². The standard InChI is InChI=1S/C40H40ClN3O9S/c1-3-12-53-40(49)44-30-20-35(34(50-2)18-29(30)38(47)42-11-8-24(17-32(42)39(44)48)25-10-16-54-23-25)52-15-14-51-13-9-36(46)43-22-26(21-41)37-28-7-5-4-6-27(28)33(45)19-31(37)43/h3-8,10,16,18-20,23,26,32,39,45,48H,1,9,11-15,17,21-22H2,2H3/t26-,32+,39?/m1/s1. The Hall–Kier alpha value is -5.08. The molecule has 0 saturated carbocycles. The van der Waals surface area contributed by atoms with Crippen LogP contribution in [0.3, 0.4) is 0 Å². The number of carbonyl (C=O) groups is 3. The maximum absolute atomic E-state index is 14.1. The second kappa shape index (κ2) is 16.1. The Morgan fingerprint density at radius 3 is 2.63 bits per heavy atom. The van der Waals surface area contributed by atoms with Crippen molar-refractivity contribution in [3.05, 3.63) is 94.7 Å². The van der Waals surface area contributed by atoms with E-state index in [4.69, 9.17) is 30.5 Å². The van der Waals surface area contributed by atoms with Gasteiger partial charge < -0.3 is 39.0 Å². The zero-order valence-corrected chi connectivity index (χ0v) is 31.2. The van der Waals surface area contributed by atoms with Crippen molar-refractivity contribution < 1.29 is 43.5 Å². The van der Waals surface area contributed by atoms with Gasteiger partial charge in [0, 0.05) is 42.4 Å². The number of methoxy groups -OCH3 is 1. The van der Waals surface area contributed by atoms with Crippen LogP contribution in [0.15, 0.2) is 78.0 Å². The number of alkyl halides is 1. The molecule has 12 nitrogen and oxygen atoms in total. The third kappa shape index (κ3) is 7.00. The summed E-state index contributed by atoms with van der Waals surface area (Å²) in [6.45, 7) is 4.43. The van der Waals surface area contributed by atoms with Crippen LogP contribution in [0.2, 0.25) is 0 Å². The first kappa shape index (κ1) is 37.2. The van der Waals surface area contributed by atoms with Gasteiger partial charge in [-0.3, -0.25) is 9.59 Å². The third-order valence-corrected chi connectivity index (χ3v) is 11.1. The average molecular weight is 774 g/mol. The SMILES string of the molecule is C=CCOC(=O)N1c2cc(OCCOCCC(=O)N3C[C@@H](CCl)c4c3cc(O)c3ccccc43)c(OC)cc2C(=O)N2CC=C(c3ccsc3)C[C@H]2C1O. The summed E-state index contributed by atoms with van der Waals surface area (Å²) in [4.78, 5) is 45.2. The molecule has 0 spiro atoms. The molecule has 3 aliphatic rings. The first-order chi connectivity index (χ1) is 26.2. The molecule has 3 aliphatic heterocycles. The number of hydrogen-bond acceptors (Lipinski definition) is 10. The van der Waals surface area contributed by atoms with E-state index in [-0.39, 0.29) is 85.6 Å². The van der Waals surface area contributed by atoms with Crippen molar-refractivity contribution in [1.29, 1.82) is 0 Å². The summed E-state index contributed by atoms with van der Waals surface area (Å²) < 4.78 is 22.8. The summed E-state index contributed by atoms with van der Waals surface area (Å²) in [6.07, 6.45) is 1.50. The first-order valence-electron chi connectivity index (χ1n) is 17.6. The molecule has 1 unspecified atom stereocenters. The Morgan fingerprint density at radius 1 is 1.07 bits per heavy atom. The topological polar surface area (TPSA) is 138 Å². The van der Waals surface area contributed by atoms with E-state index in [1.807, 2.05) is 47.2 Å². The van der Waals surface area contributed by atoms with E-state index in [2.05, 4.69) is 6.58 Å². The highest BCUT2D eigenvalue weighted by Gasteiger charge is 2.45. The number of ether oxygens (including phenoxy) is 4. The zero-order chi connectivity index (χ0) is 37.9. The average Bonchev–Trinajstić information content (AvgIpc) is 3.85. The molecule has 0 bridgehead atoms. The molecule has 0 fully saturated rings. The number of nitrogens with zero attached hydrogens (tertiary/aromatic N) is 3. The van der Waals surface area contributed by atoms with E-state index >= 15 is 0 Å². The Labute approximate surface area is 321 Å². The lowest BCUT2D eigenvalue weighted by Gasteiger charge is -2.38. The highest BCUT2D eigenvalue weighted by atomic mass is 35.5. The molecule has 0 radical (unpaired) electrons. The van der Waals surface area contributed by atoms with Gasteiger partial charge in [0.1, 0.15) is 19.0 Å². The number of aliphatic hydroxyl groups excluding tert-OH is 1. The number of fused-ring (bicyclic) bond motifs is 5. The lowest BCUT2D eigenvalue weighted by Crippen LogP contribution is -2.54. The van der Waals surface area contributed by atoms with Crippen molar-refractivity contribution >= 4 is 68.6 Å². The molecule has 4 aromatic rings. The number of benzene rings is 3. The summed E-state index contributed by atoms with van der Waals surface area (Å²) in [5.41, 5.74) is 3.82. The van der Waals surface area contributed by atoms with Gasteiger partial charge in [0.05, 0.1) is 49.7 Å². The molecule has 14 heteroatoms. The van der Waals surface area contributed by atoms with Crippen LogP contribution >= 0.6 is 22.9 Å². The second-order valence-electron chi connectivity index (χ2n) is 13.1. The molecule has 3 aromatic carbocycles. The van der Waals surface area contributed by atoms with Gasteiger partial charge in [-0.2, -0.15) is 11.3 Å². The normalized spacial score (nSPS) is 19.1. The number of amides is 3. The molecule has 1 aromatic heterocycles. The number of hydrogen-bond donors (Lipinski definition) is 2. The number of thiophene rings is 1. The van der Waals surface area contributed by atoms with Crippen LogP contribution in [-0.4, -0.2) is 97.8 Å². The number of carbonyl (C=O) groups excluding carboxylic acids is 3. The molecule has 3 amide bonds. The van der Waals surface area contributed by atoms with Crippen LogP contribution in [0.25, 0.3) is 16.3 Å². The van der Waals surface area contributed by atoms with Crippen LogP contribution in [-0.2, 0) is 14.3 Å². The van der Waals surface area contributed by atoms with Gasteiger partial charge in [-0.15, -0.1) is 11.6 Å². The van der Waals surface area contributed by atoms with E-state index in [1.54, 1.807) is 27.2 Å². The van der Waals surface area contributed by atoms with Gasteiger partial charge >= 0.3 is 6.09 Å². The largest absolute Gasteiger partial charge is 0.507 e. The van der Waals surface area contributed by atoms with Crippen molar-refractivity contribution in [2.45, 2.75) is 31.0 Å². The Bertz CT molecular complexity index is 2110. The molecule has 282 valence electrons. The summed E-state index contributed by atoms with van der Waals surface area (Å²) >= 11 is 7.88. The van der Waals surface area contributed by atoms with Crippen LogP contribution < -0.4 is 19.3 Å². The fraction of sp³-hybridized carbons (Fsp3) is 0.325. The molecular formula is C40H40ClN3O9S. The number of anilines is 2. The fourth-order valence-corrected chi connectivity index (χ4v) is 8.34. The van der Waals surface area contributed by atoms with Gasteiger partial charge in [0.2, 0.25) is 5.91 Å². The van der Waals surface area contributed by atoms with Crippen molar-refractivity contribution in [2.24, 2.45) is 0 Å². The number of aliphatic hydroxyl groups is 1. The first-order valence-corrected chi connectivity index (χ1v) is 19.0. The maximum Gasteiger partial charge on any atom is 0.416 e. The number of aromatic hydroxyl groups is 1. The lowest BCUT2D eigenvalue weighted by molar-refractivity contribution is -0.119. The van der Waals surface area contributed by atoms with Crippen LogP contribution in [0.1, 0.15) is 40.2 Å². The van der Waals surface area contributed by atoms with E-state index in [0.717, 1.165) is 32.4 Å². The second-order valence-corrected chi connectivity index (χ2v) is 14.2. The molecule has 0 saturated heterocycles. The van der Waals surface area contributed by atoms with E-state index < -0.39 is 18.4 Å². The van der Waals surface area contributed by atoms with Gasteiger partial charge in [-0.05, 0) is 51.4 Å². The molecular weight excluding hydrogens is 734 g/mol. The molecule has 3 atom stereocenters. The van der Waals surface area contributed by atoms with Crippen molar-refractivity contribution in [3.8, 4) is 17.2 Å². The third-order valence-electron chi connectivity index (χ3n) is 10.00. The number of rotatable bonds is 12. The maximum atomic E-state index is 14.1. The predicted molar refractivity (Wildman–Crippen MR) is 207 cm³/mol. The lowest BCUT2D eigenvalue weighted by atomic mass is 9.94. The van der Waals surface area contributed by atoms with Crippen molar-refractivity contribution in [3.63, 3.8) is 0 Å². The minimum absolute atomic E-state index is 0.0458. The van der Waals surface area contributed by atoms with Gasteiger partial charge in [-0.25, -0.2) is 9.69 Å². The van der Waals surface area contributed by atoms with E-state index in [1.165, 1.54) is 25.3 Å². The highest BCUT2D eigenvalue weighted by molar-refractivity contribution is 7.08. The molecule has 54 heavy (non-hydrogen) atoms. The Balaban J connectivity index is 1.03. The molecule has 2 N–H and O–H groups in total. The smallest absolute Gasteiger partial charge is 0.416 e. The monoisotopic (exact) mass is 773 g/mol. The Morgan fingerprint density at radius 2 is 1.89 bits per heavy atom. The van der Waals surface area contributed by atoms with Crippen LogP contribution in [0.4, 0.5) is 16.2 Å². The van der Waals surface area contributed by atoms with E-state index in [0.29, 0.717) is 24.5 Å². The quantitative estimate of drug-likeness (QED) is 0.0936. The van der Waals surface area contributed by atoms with Gasteiger partial charge in [0.25, 0.3) is 5.91 Å². The predicted octanol–water partition coefficient (Wildman–Crippen LogP) is 6.53. The highest BCUT2D eigenvalue weighted by Crippen LogP contribution is 2.46. The van der Waals surface area contributed by atoms with E-state index in [9.17, 15) is 24.6 Å².